The Labute approximate surface area is 119 Å². The largest absolute Gasteiger partial charge is 0.460 e. The molecule has 1 nitrogen and oxygen atoms in total. The van der Waals surface area contributed by atoms with Crippen LogP contribution >= 0.6 is 0 Å². The monoisotopic (exact) mass is 378 g/mol. The Balaban J connectivity index is 6.40. The molecule has 14 heteroatoms. The molecule has 0 heterocycles. The highest BCUT2D eigenvalue weighted by molar-refractivity contribution is 5.09. The van der Waals surface area contributed by atoms with Gasteiger partial charge in [-0.25, -0.2) is 0 Å². The van der Waals surface area contributed by atoms with Crippen molar-refractivity contribution in [1.29, 1.82) is 0 Å². The second-order valence-electron chi connectivity index (χ2n) is 4.16. The lowest BCUT2D eigenvalue weighted by Gasteiger charge is -2.41. The minimum Gasteiger partial charge on any atom is -0.336 e. The van der Waals surface area contributed by atoms with Gasteiger partial charge in [0.2, 0.25) is 0 Å². The smallest absolute Gasteiger partial charge is 0.336 e. The third kappa shape index (κ3) is 3.18. The molecule has 0 aromatic rings. The van der Waals surface area contributed by atoms with Gasteiger partial charge in [-0.3, -0.25) is 0 Å². The van der Waals surface area contributed by atoms with Crippen molar-refractivity contribution in [2.45, 2.75) is 49.3 Å². The Morgan fingerprint density at radius 1 is 0.565 bits per heavy atom. The molecule has 0 bridgehead atoms. The summed E-state index contributed by atoms with van der Waals surface area (Å²) in [6.07, 6.45) is -15.3. The predicted molar refractivity (Wildman–Crippen MR) is 47.0 cm³/mol. The fraction of sp³-hybridized carbons (Fsp3) is 1.00. The van der Waals surface area contributed by atoms with Crippen LogP contribution in [0.25, 0.3) is 0 Å². The SMILES string of the molecule is CCCOC(F)(C(F)(F)C(F)(F)F)C(F)(F)C(F)(F)C(F)(F)F. The minimum atomic E-state index is -7.59. The van der Waals surface area contributed by atoms with E-state index in [1.165, 1.54) is 0 Å². The molecule has 0 N–H and O–H groups in total. The second kappa shape index (κ2) is 5.84. The lowest BCUT2D eigenvalue weighted by Crippen LogP contribution is -2.72. The van der Waals surface area contributed by atoms with Gasteiger partial charge in [-0.2, -0.15) is 57.1 Å². The van der Waals surface area contributed by atoms with Crippen molar-refractivity contribution in [1.82, 2.24) is 0 Å². The highest BCUT2D eigenvalue weighted by Gasteiger charge is 2.91. The van der Waals surface area contributed by atoms with Crippen LogP contribution in [-0.4, -0.2) is 42.6 Å². The van der Waals surface area contributed by atoms with Crippen molar-refractivity contribution >= 4 is 0 Å². The first-order valence-corrected chi connectivity index (χ1v) is 5.41. The molecule has 0 aromatic heterocycles. The van der Waals surface area contributed by atoms with Gasteiger partial charge in [0.05, 0.1) is 6.61 Å². The number of alkyl halides is 13. The van der Waals surface area contributed by atoms with Crippen LogP contribution in [0.1, 0.15) is 13.3 Å². The number of hydrogen-bond acceptors (Lipinski definition) is 1. The molecule has 0 aliphatic rings. The highest BCUT2D eigenvalue weighted by atomic mass is 19.4. The lowest BCUT2D eigenvalue weighted by molar-refractivity contribution is -0.475. The van der Waals surface area contributed by atoms with Crippen molar-refractivity contribution in [3.63, 3.8) is 0 Å². The zero-order valence-electron chi connectivity index (χ0n) is 10.7. The van der Waals surface area contributed by atoms with Gasteiger partial charge in [-0.15, -0.1) is 0 Å². The van der Waals surface area contributed by atoms with Crippen LogP contribution in [0.2, 0.25) is 0 Å². The summed E-state index contributed by atoms with van der Waals surface area (Å²) in [5.74, 6) is -29.5. The molecule has 140 valence electrons. The first-order valence-electron chi connectivity index (χ1n) is 5.41. The van der Waals surface area contributed by atoms with E-state index >= 15 is 0 Å². The summed E-state index contributed by atoms with van der Waals surface area (Å²) in [6, 6.07) is 0. The van der Waals surface area contributed by atoms with Gasteiger partial charge in [0.25, 0.3) is 0 Å². The molecular weight excluding hydrogens is 371 g/mol. The average molecular weight is 378 g/mol. The van der Waals surface area contributed by atoms with Gasteiger partial charge in [0.15, 0.2) is 0 Å². The first kappa shape index (κ1) is 22.1. The lowest BCUT2D eigenvalue weighted by atomic mass is 9.96. The maximum atomic E-state index is 13.6. The third-order valence-electron chi connectivity index (χ3n) is 2.42. The maximum Gasteiger partial charge on any atom is 0.460 e. The predicted octanol–water partition coefficient (Wildman–Crippen LogP) is 5.11. The summed E-state index contributed by atoms with van der Waals surface area (Å²) in [5.41, 5.74) is 0. The van der Waals surface area contributed by atoms with E-state index in [2.05, 4.69) is 4.74 Å². The van der Waals surface area contributed by atoms with Crippen molar-refractivity contribution < 1.29 is 61.8 Å². The summed E-state index contributed by atoms with van der Waals surface area (Å²) in [6.45, 7) is -0.863. The number of halogens is 13. The second-order valence-corrected chi connectivity index (χ2v) is 4.16. The Morgan fingerprint density at radius 2 is 0.913 bits per heavy atom. The van der Waals surface area contributed by atoms with Gasteiger partial charge in [-0.1, -0.05) is 6.92 Å². The fourth-order valence-electron chi connectivity index (χ4n) is 1.18. The quantitative estimate of drug-likeness (QED) is 0.584. The molecule has 0 aromatic carbocycles. The Kier molecular flexibility index (Phi) is 5.60. The van der Waals surface area contributed by atoms with Crippen molar-refractivity contribution in [3.8, 4) is 0 Å². The van der Waals surface area contributed by atoms with Crippen molar-refractivity contribution in [2.75, 3.05) is 6.61 Å². The summed E-state index contributed by atoms with van der Waals surface area (Å²) < 4.78 is 166. The number of ether oxygens (including phenoxy) is 1. The van der Waals surface area contributed by atoms with Crippen LogP contribution in [0.5, 0.6) is 0 Å². The zero-order valence-corrected chi connectivity index (χ0v) is 10.7. The van der Waals surface area contributed by atoms with E-state index in [1.54, 1.807) is 0 Å². The Morgan fingerprint density at radius 3 is 1.17 bits per heavy atom. The molecule has 23 heavy (non-hydrogen) atoms. The van der Waals surface area contributed by atoms with Crippen LogP contribution in [0.3, 0.4) is 0 Å². The maximum absolute atomic E-state index is 13.6. The van der Waals surface area contributed by atoms with Crippen molar-refractivity contribution in [2.24, 2.45) is 0 Å². The summed E-state index contributed by atoms with van der Waals surface area (Å²) in [7, 11) is 0. The van der Waals surface area contributed by atoms with E-state index in [0.717, 1.165) is 6.92 Å². The molecule has 0 aliphatic heterocycles. The Bertz CT molecular complexity index is 409. The van der Waals surface area contributed by atoms with Crippen molar-refractivity contribution in [3.05, 3.63) is 0 Å². The molecule has 0 radical (unpaired) electrons. The van der Waals surface area contributed by atoms with E-state index < -0.39 is 49.0 Å². The molecule has 0 saturated carbocycles. The summed E-state index contributed by atoms with van der Waals surface area (Å²) >= 11 is 0. The Hall–Kier alpha value is -0.950. The average Bonchev–Trinajstić information content (AvgIpc) is 2.32. The van der Waals surface area contributed by atoms with Gasteiger partial charge in [-0.05, 0) is 6.42 Å². The molecule has 0 rings (SSSR count). The van der Waals surface area contributed by atoms with Crippen LogP contribution in [0.15, 0.2) is 0 Å². The van der Waals surface area contributed by atoms with Gasteiger partial charge in [0.1, 0.15) is 0 Å². The van der Waals surface area contributed by atoms with Crippen LogP contribution in [-0.2, 0) is 4.74 Å². The van der Waals surface area contributed by atoms with Gasteiger partial charge < -0.3 is 4.74 Å². The van der Waals surface area contributed by atoms with Crippen LogP contribution in [0.4, 0.5) is 57.1 Å². The van der Waals surface area contributed by atoms with E-state index in [-0.39, 0.29) is 0 Å². The van der Waals surface area contributed by atoms with Gasteiger partial charge in [0, 0.05) is 0 Å². The van der Waals surface area contributed by atoms with Gasteiger partial charge >= 0.3 is 36.0 Å². The molecule has 0 fully saturated rings. The molecule has 0 saturated heterocycles. The molecule has 0 amide bonds. The van der Waals surface area contributed by atoms with Crippen LogP contribution in [0, 0.1) is 0 Å². The highest BCUT2D eigenvalue weighted by Crippen LogP contribution is 2.60. The molecule has 0 spiro atoms. The molecule has 1 unspecified atom stereocenters. The van der Waals surface area contributed by atoms with E-state index in [0.29, 0.717) is 0 Å². The topological polar surface area (TPSA) is 9.23 Å². The normalized spacial score (nSPS) is 18.0. The third-order valence-corrected chi connectivity index (χ3v) is 2.42. The standard InChI is InChI=1S/C9H7F13O/c1-2-3-23-7(16,6(14,15)9(20,21)22)4(10,11)5(12,13)8(17,18)19/h2-3H2,1H3. The minimum absolute atomic E-state index is 0.743. The zero-order chi connectivity index (χ0) is 19.1. The van der Waals surface area contributed by atoms with E-state index in [9.17, 15) is 57.1 Å². The first-order chi connectivity index (χ1) is 9.81. The fourth-order valence-corrected chi connectivity index (χ4v) is 1.18. The van der Waals surface area contributed by atoms with Crippen LogP contribution < -0.4 is 0 Å². The molecule has 0 aliphatic carbocycles. The number of hydrogen-bond donors (Lipinski definition) is 0. The van der Waals surface area contributed by atoms with E-state index in [1.807, 2.05) is 0 Å². The summed E-state index contributed by atoms with van der Waals surface area (Å²) in [4.78, 5) is 0. The summed E-state index contributed by atoms with van der Waals surface area (Å²) in [5, 5.41) is 0. The molecular formula is C9H7F13O. The van der Waals surface area contributed by atoms with E-state index in [4.69, 9.17) is 0 Å². The number of rotatable bonds is 6. The molecule has 1 atom stereocenters.